The lowest BCUT2D eigenvalue weighted by atomic mass is 10.0. The van der Waals surface area contributed by atoms with E-state index < -0.39 is 0 Å². The van der Waals surface area contributed by atoms with Crippen molar-refractivity contribution in [2.24, 2.45) is 7.05 Å². The minimum absolute atomic E-state index is 0.323. The summed E-state index contributed by atoms with van der Waals surface area (Å²) in [6.45, 7) is 5.14. The van der Waals surface area contributed by atoms with Crippen molar-refractivity contribution in [3.05, 3.63) is 53.3 Å². The van der Waals surface area contributed by atoms with Gasteiger partial charge in [-0.25, -0.2) is 0 Å². The molecule has 0 amide bonds. The predicted molar refractivity (Wildman–Crippen MR) is 74.5 cm³/mol. The Kier molecular flexibility index (Phi) is 4.15. The molecule has 2 rings (SSSR count). The summed E-state index contributed by atoms with van der Waals surface area (Å²) in [5, 5.41) is 7.97. The van der Waals surface area contributed by atoms with Gasteiger partial charge in [0.05, 0.1) is 17.4 Å². The lowest BCUT2D eigenvalue weighted by molar-refractivity contribution is 0.507. The molecule has 0 aliphatic heterocycles. The summed E-state index contributed by atoms with van der Waals surface area (Å²) < 4.78 is 1.98. The number of aromatic nitrogens is 2. The minimum atomic E-state index is 0.323. The van der Waals surface area contributed by atoms with Gasteiger partial charge in [-0.05, 0) is 31.5 Å². The van der Waals surface area contributed by atoms with Gasteiger partial charge in [0.1, 0.15) is 0 Å². The molecule has 0 radical (unpaired) electrons. The summed E-state index contributed by atoms with van der Waals surface area (Å²) in [6.07, 6.45) is 0.994. The number of rotatable bonds is 5. The fourth-order valence-corrected chi connectivity index (χ4v) is 2.33. The van der Waals surface area contributed by atoms with Crippen LogP contribution in [0.5, 0.6) is 0 Å². The zero-order valence-corrected chi connectivity index (χ0v) is 11.4. The number of nitrogens with zero attached hydrogens (tertiary/aromatic N) is 2. The molecule has 1 unspecified atom stereocenters. The molecule has 0 aliphatic rings. The Morgan fingerprint density at radius 1 is 1.28 bits per heavy atom. The molecule has 3 heteroatoms. The van der Waals surface area contributed by atoms with Crippen molar-refractivity contribution < 1.29 is 0 Å². The van der Waals surface area contributed by atoms with E-state index in [1.165, 1.54) is 11.3 Å². The first-order valence-corrected chi connectivity index (χ1v) is 6.48. The monoisotopic (exact) mass is 243 g/mol. The molecule has 2 aromatic rings. The summed E-state index contributed by atoms with van der Waals surface area (Å²) in [5.41, 5.74) is 3.67. The van der Waals surface area contributed by atoms with E-state index in [4.69, 9.17) is 0 Å². The molecule has 1 N–H and O–H groups in total. The molecule has 0 saturated heterocycles. The van der Waals surface area contributed by atoms with Crippen molar-refractivity contribution in [2.75, 3.05) is 6.54 Å². The number of benzene rings is 1. The lowest BCUT2D eigenvalue weighted by Crippen LogP contribution is -2.25. The maximum Gasteiger partial charge on any atom is 0.0597 e. The van der Waals surface area contributed by atoms with Crippen LogP contribution in [0.3, 0.4) is 0 Å². The summed E-state index contributed by atoms with van der Waals surface area (Å²) in [4.78, 5) is 0. The molecule has 18 heavy (non-hydrogen) atoms. The van der Waals surface area contributed by atoms with E-state index in [0.717, 1.165) is 18.7 Å². The summed E-state index contributed by atoms with van der Waals surface area (Å²) in [7, 11) is 2.01. The molecular formula is C15H21N3. The Bertz CT molecular complexity index is 488. The van der Waals surface area contributed by atoms with Gasteiger partial charge in [-0.2, -0.15) is 5.10 Å². The third-order valence-electron chi connectivity index (χ3n) is 3.13. The molecule has 1 atom stereocenters. The van der Waals surface area contributed by atoms with Gasteiger partial charge in [0.15, 0.2) is 0 Å². The molecule has 0 spiro atoms. The molecular weight excluding hydrogens is 222 g/mol. The normalized spacial score (nSPS) is 12.6. The summed E-state index contributed by atoms with van der Waals surface area (Å²) in [5.74, 6) is 0. The summed E-state index contributed by atoms with van der Waals surface area (Å²) >= 11 is 0. The second-order valence-corrected chi connectivity index (χ2v) is 4.63. The Hall–Kier alpha value is -1.61. The van der Waals surface area contributed by atoms with Crippen molar-refractivity contribution in [2.45, 2.75) is 26.3 Å². The number of hydrogen-bond acceptors (Lipinski definition) is 2. The van der Waals surface area contributed by atoms with Gasteiger partial charge < -0.3 is 5.32 Å². The van der Waals surface area contributed by atoms with Crippen molar-refractivity contribution in [1.82, 2.24) is 15.1 Å². The molecule has 0 saturated carbocycles. The number of hydrogen-bond donors (Lipinski definition) is 1. The fourth-order valence-electron chi connectivity index (χ4n) is 2.33. The van der Waals surface area contributed by atoms with Crippen LogP contribution in [0.4, 0.5) is 0 Å². The molecule has 0 bridgehead atoms. The smallest absolute Gasteiger partial charge is 0.0597 e. The Labute approximate surface area is 109 Å². The number of aryl methyl sites for hydroxylation is 2. The van der Waals surface area contributed by atoms with E-state index in [2.05, 4.69) is 53.7 Å². The second-order valence-electron chi connectivity index (χ2n) is 4.63. The third kappa shape index (κ3) is 2.99. The zero-order chi connectivity index (χ0) is 13.0. The Balaban J connectivity index is 2.21. The minimum Gasteiger partial charge on any atom is -0.309 e. The first kappa shape index (κ1) is 12.8. The highest BCUT2D eigenvalue weighted by atomic mass is 15.3. The fraction of sp³-hybridized carbons (Fsp3) is 0.400. The SMILES string of the molecule is CCNC(Cc1ccccc1)c1cc(C)nn1C. The Morgan fingerprint density at radius 2 is 2.00 bits per heavy atom. The van der Waals surface area contributed by atoms with Crippen LogP contribution in [0, 0.1) is 6.92 Å². The first-order valence-electron chi connectivity index (χ1n) is 6.48. The topological polar surface area (TPSA) is 29.9 Å². The van der Waals surface area contributed by atoms with Crippen molar-refractivity contribution in [3.63, 3.8) is 0 Å². The highest BCUT2D eigenvalue weighted by Gasteiger charge is 2.15. The van der Waals surface area contributed by atoms with Crippen LogP contribution < -0.4 is 5.32 Å². The maximum atomic E-state index is 4.43. The van der Waals surface area contributed by atoms with E-state index >= 15 is 0 Å². The van der Waals surface area contributed by atoms with Crippen LogP contribution in [0.2, 0.25) is 0 Å². The van der Waals surface area contributed by atoms with Crippen LogP contribution in [-0.4, -0.2) is 16.3 Å². The average Bonchev–Trinajstić information content (AvgIpc) is 2.69. The molecule has 1 aromatic carbocycles. The van der Waals surface area contributed by atoms with Crippen LogP contribution in [0.15, 0.2) is 36.4 Å². The molecule has 0 fully saturated rings. The van der Waals surface area contributed by atoms with Crippen LogP contribution in [0.1, 0.15) is 29.9 Å². The van der Waals surface area contributed by atoms with Gasteiger partial charge in [0.25, 0.3) is 0 Å². The quantitative estimate of drug-likeness (QED) is 0.875. The zero-order valence-electron chi connectivity index (χ0n) is 11.4. The van der Waals surface area contributed by atoms with Crippen molar-refractivity contribution in [1.29, 1.82) is 0 Å². The van der Waals surface area contributed by atoms with Crippen LogP contribution in [0.25, 0.3) is 0 Å². The highest BCUT2D eigenvalue weighted by molar-refractivity contribution is 5.20. The Morgan fingerprint density at radius 3 is 2.56 bits per heavy atom. The molecule has 96 valence electrons. The lowest BCUT2D eigenvalue weighted by Gasteiger charge is -2.18. The van der Waals surface area contributed by atoms with Gasteiger partial charge in [0, 0.05) is 7.05 Å². The van der Waals surface area contributed by atoms with E-state index in [1.807, 2.05) is 18.7 Å². The average molecular weight is 243 g/mol. The predicted octanol–water partition coefficient (Wildman–Crippen LogP) is 2.62. The largest absolute Gasteiger partial charge is 0.309 e. The van der Waals surface area contributed by atoms with E-state index in [-0.39, 0.29) is 0 Å². The molecule has 3 nitrogen and oxygen atoms in total. The van der Waals surface area contributed by atoms with Gasteiger partial charge in [0.2, 0.25) is 0 Å². The van der Waals surface area contributed by atoms with Gasteiger partial charge >= 0.3 is 0 Å². The van der Waals surface area contributed by atoms with E-state index in [9.17, 15) is 0 Å². The van der Waals surface area contributed by atoms with Gasteiger partial charge in [-0.15, -0.1) is 0 Å². The van der Waals surface area contributed by atoms with E-state index in [1.54, 1.807) is 0 Å². The standard InChI is InChI=1S/C15H21N3/c1-4-16-14(11-13-8-6-5-7-9-13)15-10-12(2)17-18(15)3/h5-10,14,16H,4,11H2,1-3H3. The van der Waals surface area contributed by atoms with E-state index in [0.29, 0.717) is 6.04 Å². The van der Waals surface area contributed by atoms with Gasteiger partial charge in [-0.3, -0.25) is 4.68 Å². The molecule has 1 heterocycles. The molecule has 0 aliphatic carbocycles. The third-order valence-corrected chi connectivity index (χ3v) is 3.13. The number of likely N-dealkylation sites (N-methyl/N-ethyl adjacent to an activating group) is 1. The number of nitrogens with one attached hydrogen (secondary N) is 1. The van der Waals surface area contributed by atoms with Crippen LogP contribution >= 0.6 is 0 Å². The second kappa shape index (κ2) is 5.83. The first-order chi connectivity index (χ1) is 8.70. The van der Waals surface area contributed by atoms with Crippen molar-refractivity contribution in [3.8, 4) is 0 Å². The maximum absolute atomic E-state index is 4.43. The molecule has 1 aromatic heterocycles. The van der Waals surface area contributed by atoms with Crippen molar-refractivity contribution >= 4 is 0 Å². The summed E-state index contributed by atoms with van der Waals surface area (Å²) in [6, 6.07) is 13.1. The van der Waals surface area contributed by atoms with Gasteiger partial charge in [-0.1, -0.05) is 37.3 Å². The highest BCUT2D eigenvalue weighted by Crippen LogP contribution is 2.18. The van der Waals surface area contributed by atoms with Crippen LogP contribution in [-0.2, 0) is 13.5 Å².